The highest BCUT2D eigenvalue weighted by molar-refractivity contribution is 7.09. The summed E-state index contributed by atoms with van der Waals surface area (Å²) in [7, 11) is 0. The summed E-state index contributed by atoms with van der Waals surface area (Å²) >= 11 is 1.57. The number of nitriles is 1. The molecule has 0 aliphatic heterocycles. The molecule has 0 aliphatic rings. The maximum atomic E-state index is 12.3. The first-order valence-corrected chi connectivity index (χ1v) is 10.5. The van der Waals surface area contributed by atoms with Crippen molar-refractivity contribution < 1.29 is 14.3 Å². The van der Waals surface area contributed by atoms with Crippen molar-refractivity contribution in [3.05, 3.63) is 87.4 Å². The van der Waals surface area contributed by atoms with Gasteiger partial charge in [0.15, 0.2) is 0 Å². The Labute approximate surface area is 189 Å². The third-order valence-electron chi connectivity index (χ3n) is 4.25. The van der Waals surface area contributed by atoms with E-state index in [0.29, 0.717) is 23.6 Å². The lowest BCUT2D eigenvalue weighted by Crippen LogP contribution is -2.12. The van der Waals surface area contributed by atoms with Gasteiger partial charge in [0.25, 0.3) is 5.91 Å². The van der Waals surface area contributed by atoms with Crippen molar-refractivity contribution in [2.24, 2.45) is 5.73 Å². The molecular weight excluding hydrogens is 424 g/mol. The molecule has 7 nitrogen and oxygen atoms in total. The normalized spacial score (nSPS) is 11.2. The first-order valence-electron chi connectivity index (χ1n) is 9.58. The van der Waals surface area contributed by atoms with Crippen molar-refractivity contribution in [1.82, 2.24) is 4.98 Å². The Morgan fingerprint density at radius 3 is 2.62 bits per heavy atom. The van der Waals surface area contributed by atoms with Crippen LogP contribution < -0.4 is 15.8 Å². The van der Waals surface area contributed by atoms with Crippen molar-refractivity contribution in [2.75, 3.05) is 5.32 Å². The molecule has 0 saturated carbocycles. The molecule has 8 heteroatoms. The van der Waals surface area contributed by atoms with Crippen molar-refractivity contribution >= 4 is 41.0 Å². The highest BCUT2D eigenvalue weighted by atomic mass is 32.1. The molecule has 2 aromatic carbocycles. The van der Waals surface area contributed by atoms with Crippen molar-refractivity contribution in [3.8, 4) is 11.8 Å². The number of hydrogen-bond acceptors (Lipinski definition) is 6. The van der Waals surface area contributed by atoms with Gasteiger partial charge in [-0.25, -0.2) is 4.98 Å². The lowest BCUT2D eigenvalue weighted by Gasteiger charge is -2.08. The number of carbonyl (C=O) groups excluding carboxylic acids is 2. The van der Waals surface area contributed by atoms with Crippen LogP contribution in [-0.4, -0.2) is 16.8 Å². The second-order valence-corrected chi connectivity index (χ2v) is 7.73. The van der Waals surface area contributed by atoms with Gasteiger partial charge in [0.1, 0.15) is 24.0 Å². The average Bonchev–Trinajstić information content (AvgIpc) is 3.21. The predicted octanol–water partition coefficient (Wildman–Crippen LogP) is 4.07. The number of hydrogen-bond donors (Lipinski definition) is 2. The molecule has 0 bridgehead atoms. The van der Waals surface area contributed by atoms with Crippen molar-refractivity contribution in [1.29, 1.82) is 5.26 Å². The van der Waals surface area contributed by atoms with Crippen LogP contribution >= 0.6 is 11.3 Å². The van der Waals surface area contributed by atoms with Crippen molar-refractivity contribution in [3.63, 3.8) is 0 Å². The molecule has 3 N–H and O–H groups in total. The summed E-state index contributed by atoms with van der Waals surface area (Å²) in [5.74, 6) is -0.449. The Morgan fingerprint density at radius 1 is 1.22 bits per heavy atom. The number of primary amides is 1. The largest absolute Gasteiger partial charge is 0.487 e. The Balaban J connectivity index is 1.62. The van der Waals surface area contributed by atoms with Crippen LogP contribution in [0.5, 0.6) is 5.75 Å². The molecule has 2 amide bonds. The molecule has 1 aromatic heterocycles. The van der Waals surface area contributed by atoms with Crippen LogP contribution in [0.4, 0.5) is 5.69 Å². The molecule has 1 heterocycles. The number of aromatic nitrogens is 1. The third-order valence-corrected chi connectivity index (χ3v) is 5.07. The number of aryl methyl sites for hydroxylation is 1. The molecule has 160 valence electrons. The quantitative estimate of drug-likeness (QED) is 0.401. The molecule has 0 radical (unpaired) electrons. The molecule has 3 aromatic rings. The van der Waals surface area contributed by atoms with Crippen LogP contribution in [0.25, 0.3) is 12.2 Å². The van der Waals surface area contributed by atoms with Crippen LogP contribution in [0.15, 0.2) is 65.6 Å². The monoisotopic (exact) mass is 444 g/mol. The molecule has 0 fully saturated rings. The molecule has 0 atom stereocenters. The van der Waals surface area contributed by atoms with E-state index >= 15 is 0 Å². The molecule has 0 saturated heterocycles. The van der Waals surface area contributed by atoms with E-state index in [1.165, 1.54) is 12.2 Å². The van der Waals surface area contributed by atoms with E-state index in [2.05, 4.69) is 10.3 Å². The van der Waals surface area contributed by atoms with Gasteiger partial charge >= 0.3 is 0 Å². The number of nitrogens with zero attached hydrogens (tertiary/aromatic N) is 2. The molecule has 32 heavy (non-hydrogen) atoms. The van der Waals surface area contributed by atoms with E-state index in [-0.39, 0.29) is 11.5 Å². The fourth-order valence-corrected chi connectivity index (χ4v) is 3.31. The average molecular weight is 445 g/mol. The zero-order valence-corrected chi connectivity index (χ0v) is 18.1. The van der Waals surface area contributed by atoms with Gasteiger partial charge in [-0.15, -0.1) is 11.3 Å². The van der Waals surface area contributed by atoms with Gasteiger partial charge < -0.3 is 15.8 Å². The summed E-state index contributed by atoms with van der Waals surface area (Å²) in [6, 6.07) is 15.9. The van der Waals surface area contributed by atoms with Crippen LogP contribution in [-0.2, 0) is 16.2 Å². The maximum Gasteiger partial charge on any atom is 0.259 e. The van der Waals surface area contributed by atoms with E-state index in [4.69, 9.17) is 15.7 Å². The smallest absolute Gasteiger partial charge is 0.259 e. The molecular formula is C24H20N4O3S. The second-order valence-electron chi connectivity index (χ2n) is 6.66. The zero-order valence-electron chi connectivity index (χ0n) is 17.2. The van der Waals surface area contributed by atoms with Crippen molar-refractivity contribution in [2.45, 2.75) is 13.5 Å². The number of rotatable bonds is 8. The Morgan fingerprint density at radius 2 is 1.97 bits per heavy atom. The number of nitrogens with one attached hydrogen (secondary N) is 1. The van der Waals surface area contributed by atoms with Crippen LogP contribution in [0.1, 0.15) is 21.8 Å². The topological polar surface area (TPSA) is 118 Å². The van der Waals surface area contributed by atoms with Crippen LogP contribution in [0.2, 0.25) is 0 Å². The maximum absolute atomic E-state index is 12.3. The Bertz CT molecular complexity index is 1220. The van der Waals surface area contributed by atoms with E-state index in [1.807, 2.05) is 36.6 Å². The number of ether oxygens (including phenoxy) is 1. The number of thiazole rings is 1. The van der Waals surface area contributed by atoms with Gasteiger partial charge in [-0.1, -0.05) is 30.3 Å². The van der Waals surface area contributed by atoms with E-state index < -0.39 is 5.91 Å². The van der Waals surface area contributed by atoms with E-state index in [0.717, 1.165) is 16.3 Å². The van der Waals surface area contributed by atoms with E-state index in [1.54, 1.807) is 47.7 Å². The number of carbonyl (C=O) groups is 2. The highest BCUT2D eigenvalue weighted by Gasteiger charge is 2.05. The molecule has 0 unspecified atom stereocenters. The fraction of sp³-hybridized carbons (Fsp3) is 0.0833. The number of amides is 2. The Hall–Kier alpha value is -4.22. The number of anilines is 1. The number of para-hydroxylation sites is 1. The number of nitrogens with two attached hydrogens (primary N) is 1. The molecule has 3 rings (SSSR count). The summed E-state index contributed by atoms with van der Waals surface area (Å²) in [5, 5.41) is 14.6. The van der Waals surface area contributed by atoms with Gasteiger partial charge in [0.2, 0.25) is 5.91 Å². The highest BCUT2D eigenvalue weighted by Crippen LogP contribution is 2.21. The summed E-state index contributed by atoms with van der Waals surface area (Å²) in [6.07, 6.45) is 4.49. The predicted molar refractivity (Wildman–Crippen MR) is 125 cm³/mol. The zero-order chi connectivity index (χ0) is 22.9. The second kappa shape index (κ2) is 10.7. The third kappa shape index (κ3) is 6.39. The van der Waals surface area contributed by atoms with Gasteiger partial charge in [-0.3, -0.25) is 9.59 Å². The minimum absolute atomic E-state index is 0.143. The molecule has 0 aliphatic carbocycles. The lowest BCUT2D eigenvalue weighted by molar-refractivity contribution is -0.114. The van der Waals surface area contributed by atoms with Crippen LogP contribution in [0.3, 0.4) is 0 Å². The minimum atomic E-state index is -0.791. The first kappa shape index (κ1) is 22.5. The summed E-state index contributed by atoms with van der Waals surface area (Å²) in [6.45, 7) is 2.30. The minimum Gasteiger partial charge on any atom is -0.487 e. The van der Waals surface area contributed by atoms with Crippen LogP contribution in [0, 0.1) is 18.3 Å². The number of benzene rings is 2. The standard InChI is InChI=1S/C24H20N4O3S/c1-16-27-21(15-32-16)14-31-22-5-3-2-4-18(22)8-11-23(29)28-20-9-6-17(7-10-20)12-19(13-25)24(26)30/h2-12,15H,14H2,1H3,(H2,26,30)(H,28,29). The SMILES string of the molecule is Cc1nc(COc2ccccc2C=CC(=O)Nc2ccc(C=C(C#N)C(N)=O)cc2)cs1. The first-order chi connectivity index (χ1) is 15.4. The Kier molecular flexibility index (Phi) is 7.51. The van der Waals surface area contributed by atoms with Gasteiger partial charge in [0, 0.05) is 22.7 Å². The summed E-state index contributed by atoms with van der Waals surface area (Å²) in [5.41, 5.74) is 7.80. The van der Waals surface area contributed by atoms with E-state index in [9.17, 15) is 9.59 Å². The van der Waals surface area contributed by atoms with Gasteiger partial charge in [-0.05, 0) is 42.8 Å². The van der Waals surface area contributed by atoms with Gasteiger partial charge in [0.05, 0.1) is 10.7 Å². The fourth-order valence-electron chi connectivity index (χ4n) is 2.71. The lowest BCUT2D eigenvalue weighted by atomic mass is 10.1. The summed E-state index contributed by atoms with van der Waals surface area (Å²) in [4.78, 5) is 27.8. The summed E-state index contributed by atoms with van der Waals surface area (Å²) < 4.78 is 5.86. The molecule has 0 spiro atoms. The van der Waals surface area contributed by atoms with Gasteiger partial charge in [-0.2, -0.15) is 5.26 Å².